The van der Waals surface area contributed by atoms with Crippen LogP contribution >= 0.6 is 11.6 Å². The van der Waals surface area contributed by atoms with Gasteiger partial charge >= 0.3 is 0 Å². The highest BCUT2D eigenvalue weighted by Crippen LogP contribution is 2.24. The summed E-state index contributed by atoms with van der Waals surface area (Å²) in [6, 6.07) is 1.15. The van der Waals surface area contributed by atoms with Gasteiger partial charge in [0.25, 0.3) is 5.88 Å². The summed E-state index contributed by atoms with van der Waals surface area (Å²) in [4.78, 5) is 3.83. The van der Waals surface area contributed by atoms with Crippen LogP contribution in [0, 0.1) is 5.82 Å². The van der Waals surface area contributed by atoms with Crippen molar-refractivity contribution >= 4 is 18.3 Å². The van der Waals surface area contributed by atoms with Gasteiger partial charge < -0.3 is 9.47 Å². The van der Waals surface area contributed by atoms with Crippen molar-refractivity contribution in [3.05, 3.63) is 58.9 Å². The van der Waals surface area contributed by atoms with Crippen molar-refractivity contribution in [1.82, 2.24) is 9.99 Å². The van der Waals surface area contributed by atoms with Crippen LogP contribution in [-0.2, 0) is 4.74 Å². The predicted octanol–water partition coefficient (Wildman–Crippen LogP) is 5.06. The average molecular weight is 380 g/mol. The van der Waals surface area contributed by atoms with Crippen LogP contribution in [0.3, 0.4) is 0 Å². The van der Waals surface area contributed by atoms with E-state index in [1.807, 2.05) is 13.0 Å². The minimum atomic E-state index is -0.619. The summed E-state index contributed by atoms with van der Waals surface area (Å²) in [6.45, 7) is 12.0. The van der Waals surface area contributed by atoms with Crippen molar-refractivity contribution < 1.29 is 13.9 Å². The normalized spacial score (nSPS) is 18.4. The topological polar surface area (TPSA) is 47.0 Å². The highest BCUT2D eigenvalue weighted by atomic mass is 35.5. The zero-order valence-corrected chi connectivity index (χ0v) is 15.8. The monoisotopic (exact) mass is 379 g/mol. The number of nitrogens with zero attached hydrogens (tertiary/aromatic N) is 3. The predicted molar refractivity (Wildman–Crippen MR) is 101 cm³/mol. The van der Waals surface area contributed by atoms with Gasteiger partial charge in [0.1, 0.15) is 5.76 Å². The Morgan fingerprint density at radius 3 is 2.85 bits per heavy atom. The number of aromatic nitrogens is 1. The minimum absolute atomic E-state index is 0.127. The molecule has 2 heterocycles. The van der Waals surface area contributed by atoms with Gasteiger partial charge in [0.2, 0.25) is 0 Å². The summed E-state index contributed by atoms with van der Waals surface area (Å²) in [5, 5.41) is 5.94. The quantitative estimate of drug-likeness (QED) is 0.287. The van der Waals surface area contributed by atoms with Gasteiger partial charge in [0.05, 0.1) is 10.7 Å². The molecule has 140 valence electrons. The molecule has 0 aliphatic carbocycles. The van der Waals surface area contributed by atoms with E-state index in [9.17, 15) is 4.39 Å². The summed E-state index contributed by atoms with van der Waals surface area (Å²) in [5.41, 5.74) is 1.55. The lowest BCUT2D eigenvalue weighted by atomic mass is 10.1. The highest BCUT2D eigenvalue weighted by molar-refractivity contribution is 6.30. The van der Waals surface area contributed by atoms with Gasteiger partial charge in [-0.1, -0.05) is 24.3 Å². The van der Waals surface area contributed by atoms with Gasteiger partial charge in [-0.2, -0.15) is 5.10 Å². The molecular weight excluding hydrogens is 357 g/mol. The molecule has 2 rings (SSSR count). The number of rotatable bonds is 7. The summed E-state index contributed by atoms with van der Waals surface area (Å²) in [6.07, 6.45) is 7.71. The van der Waals surface area contributed by atoms with E-state index in [0.717, 1.165) is 30.9 Å². The van der Waals surface area contributed by atoms with Crippen LogP contribution in [0.2, 0.25) is 5.02 Å². The lowest BCUT2D eigenvalue weighted by Gasteiger charge is -2.33. The summed E-state index contributed by atoms with van der Waals surface area (Å²) < 4.78 is 24.9. The van der Waals surface area contributed by atoms with Gasteiger partial charge in [-0.15, -0.1) is 0 Å². The molecule has 5 nitrogen and oxygen atoms in total. The molecule has 0 spiro atoms. The Morgan fingerprint density at radius 2 is 2.23 bits per heavy atom. The Kier molecular flexibility index (Phi) is 7.36. The first-order valence-corrected chi connectivity index (χ1v) is 8.71. The van der Waals surface area contributed by atoms with E-state index >= 15 is 0 Å². The van der Waals surface area contributed by atoms with Gasteiger partial charge in [-0.3, -0.25) is 0 Å². The Labute approximate surface area is 158 Å². The first-order valence-electron chi connectivity index (χ1n) is 8.33. The van der Waals surface area contributed by atoms with Crippen molar-refractivity contribution in [2.24, 2.45) is 5.10 Å². The van der Waals surface area contributed by atoms with Crippen molar-refractivity contribution in [2.45, 2.75) is 39.3 Å². The van der Waals surface area contributed by atoms with Crippen molar-refractivity contribution in [2.75, 3.05) is 6.61 Å². The molecule has 1 aliphatic heterocycles. The molecule has 0 saturated carbocycles. The lowest BCUT2D eigenvalue weighted by molar-refractivity contribution is -0.0688. The van der Waals surface area contributed by atoms with E-state index in [4.69, 9.17) is 21.1 Å². The maximum Gasteiger partial charge on any atom is 0.255 e. The van der Waals surface area contributed by atoms with E-state index in [2.05, 4.69) is 23.4 Å². The van der Waals surface area contributed by atoms with Crippen LogP contribution < -0.4 is 4.74 Å². The van der Waals surface area contributed by atoms with E-state index in [1.54, 1.807) is 18.0 Å². The first kappa shape index (κ1) is 20.1. The molecule has 0 aromatic carbocycles. The van der Waals surface area contributed by atoms with Crippen LogP contribution in [-0.4, -0.2) is 29.5 Å². The summed E-state index contributed by atoms with van der Waals surface area (Å²) in [5.74, 6) is -0.275. The molecule has 1 unspecified atom stereocenters. The Morgan fingerprint density at radius 1 is 1.46 bits per heavy atom. The van der Waals surface area contributed by atoms with Crippen molar-refractivity contribution in [1.29, 1.82) is 0 Å². The van der Waals surface area contributed by atoms with E-state index < -0.39 is 5.82 Å². The van der Waals surface area contributed by atoms with Crippen LogP contribution in [0.25, 0.3) is 0 Å². The Balaban J connectivity index is 2.05. The number of pyridine rings is 1. The van der Waals surface area contributed by atoms with Gasteiger partial charge in [-0.25, -0.2) is 14.4 Å². The van der Waals surface area contributed by atoms with Crippen LogP contribution in [0.5, 0.6) is 5.88 Å². The standard InChI is InChI=1S/C19H23ClFN3O2/c1-13(15(3)24(22-4)18-7-5-6-10-25-18)8-9-14(2)26-19-17(21)11-16(20)12-23-19/h8-9,11-12,18H,3-7,10H2,1-2H3/b13-8+,14-9+. The smallest absolute Gasteiger partial charge is 0.255 e. The number of hydrazone groups is 1. The zero-order chi connectivity index (χ0) is 19.1. The number of allylic oxidation sites excluding steroid dienone is 4. The molecule has 1 atom stereocenters. The fourth-order valence-corrected chi connectivity index (χ4v) is 2.59. The van der Waals surface area contributed by atoms with E-state index in [-0.39, 0.29) is 17.1 Å². The average Bonchev–Trinajstić information content (AvgIpc) is 2.63. The van der Waals surface area contributed by atoms with Crippen LogP contribution in [0.15, 0.2) is 53.1 Å². The number of ether oxygens (including phenoxy) is 2. The second-order valence-corrected chi connectivity index (χ2v) is 6.36. The molecule has 26 heavy (non-hydrogen) atoms. The van der Waals surface area contributed by atoms with Crippen molar-refractivity contribution in [3.8, 4) is 5.88 Å². The first-order chi connectivity index (χ1) is 12.4. The number of hydrogen-bond acceptors (Lipinski definition) is 5. The second kappa shape index (κ2) is 9.50. The largest absolute Gasteiger partial charge is 0.441 e. The number of halogens is 2. The molecule has 0 radical (unpaired) electrons. The van der Waals surface area contributed by atoms with Crippen LogP contribution in [0.4, 0.5) is 4.39 Å². The fraction of sp³-hybridized carbons (Fsp3) is 0.368. The Bertz CT molecular complexity index is 727. The summed E-state index contributed by atoms with van der Waals surface area (Å²) in [7, 11) is 0. The maximum atomic E-state index is 13.7. The molecule has 7 heteroatoms. The summed E-state index contributed by atoms with van der Waals surface area (Å²) >= 11 is 5.68. The molecule has 1 aromatic rings. The third-order valence-electron chi connectivity index (χ3n) is 3.91. The van der Waals surface area contributed by atoms with Crippen LogP contribution in [0.1, 0.15) is 33.1 Å². The molecule has 1 saturated heterocycles. The molecule has 0 bridgehead atoms. The molecule has 0 N–H and O–H groups in total. The van der Waals surface area contributed by atoms with Gasteiger partial charge in [0, 0.05) is 19.5 Å². The molecule has 0 amide bonds. The SMILES string of the molecule is C=NN(C(=C)/C(C)=C/C=C(\C)Oc1ncc(Cl)cc1F)C1CCCCO1. The maximum absolute atomic E-state index is 13.7. The van der Waals surface area contributed by atoms with Gasteiger partial charge in [0.15, 0.2) is 12.0 Å². The van der Waals surface area contributed by atoms with E-state index in [1.165, 1.54) is 6.20 Å². The second-order valence-electron chi connectivity index (χ2n) is 5.92. The zero-order valence-electron chi connectivity index (χ0n) is 15.0. The Hall–Kier alpha value is -2.18. The van der Waals surface area contributed by atoms with Crippen molar-refractivity contribution in [3.63, 3.8) is 0 Å². The third kappa shape index (κ3) is 5.41. The molecule has 1 fully saturated rings. The molecular formula is C19H23ClFN3O2. The fourth-order valence-electron chi connectivity index (χ4n) is 2.45. The minimum Gasteiger partial charge on any atom is -0.441 e. The van der Waals surface area contributed by atoms with E-state index in [0.29, 0.717) is 18.1 Å². The number of hydrogen-bond donors (Lipinski definition) is 0. The molecule has 1 aliphatic rings. The molecule has 1 aromatic heterocycles. The lowest BCUT2D eigenvalue weighted by Crippen LogP contribution is -2.35. The van der Waals surface area contributed by atoms with Gasteiger partial charge in [-0.05, 0) is 50.8 Å². The highest BCUT2D eigenvalue weighted by Gasteiger charge is 2.22. The third-order valence-corrected chi connectivity index (χ3v) is 4.12.